The van der Waals surface area contributed by atoms with Crippen LogP contribution in [0, 0.1) is 0 Å². The summed E-state index contributed by atoms with van der Waals surface area (Å²) in [5.74, 6) is -0.148. The third kappa shape index (κ3) is 3.08. The van der Waals surface area contributed by atoms with Gasteiger partial charge in [-0.3, -0.25) is 0 Å². The molecule has 0 spiro atoms. The molecule has 0 aromatic rings. The molecule has 0 bridgehead atoms. The van der Waals surface area contributed by atoms with Crippen LogP contribution in [0.5, 0.6) is 0 Å². The zero-order valence-corrected chi connectivity index (χ0v) is 8.65. The van der Waals surface area contributed by atoms with Crippen molar-refractivity contribution in [1.82, 2.24) is 0 Å². The van der Waals surface area contributed by atoms with Crippen LogP contribution in [0.2, 0.25) is 0 Å². The summed E-state index contributed by atoms with van der Waals surface area (Å²) in [5, 5.41) is 4.69. The summed E-state index contributed by atoms with van der Waals surface area (Å²) in [6.45, 7) is 2.74. The Morgan fingerprint density at radius 1 is 1.25 bits per heavy atom. The second-order valence-electron chi connectivity index (χ2n) is 2.52. The number of hydrogen-bond donors (Lipinski definition) is 1. The highest BCUT2D eigenvalue weighted by Gasteiger charge is 2.29. The molecule has 0 saturated carbocycles. The molecule has 0 aromatic heterocycles. The lowest BCUT2D eigenvalue weighted by atomic mass is 10.6. The zero-order valence-electron chi connectivity index (χ0n) is 7.02. The van der Waals surface area contributed by atoms with Crippen LogP contribution in [0.3, 0.4) is 0 Å². The lowest BCUT2D eigenvalue weighted by Gasteiger charge is -2.08. The first kappa shape index (κ1) is 11.9. The Balaban J connectivity index is 4.84. The van der Waals surface area contributed by atoms with Crippen LogP contribution in [0.25, 0.3) is 0 Å². The Morgan fingerprint density at radius 3 is 1.92 bits per heavy atom. The van der Waals surface area contributed by atoms with Crippen LogP contribution < -0.4 is 5.14 Å². The SMILES string of the molecule is CCCS(=O)(=O)C(C)S(N)(=O)=O. The summed E-state index contributed by atoms with van der Waals surface area (Å²) >= 11 is 0. The van der Waals surface area contributed by atoms with E-state index in [1.807, 2.05) is 0 Å². The topological polar surface area (TPSA) is 94.3 Å². The van der Waals surface area contributed by atoms with Gasteiger partial charge in [-0.1, -0.05) is 6.92 Å². The van der Waals surface area contributed by atoms with Gasteiger partial charge in [-0.2, -0.15) is 0 Å². The quantitative estimate of drug-likeness (QED) is 0.680. The average Bonchev–Trinajstić information content (AvgIpc) is 1.84. The third-order valence-electron chi connectivity index (χ3n) is 1.46. The predicted octanol–water partition coefficient (Wildman–Crippen LogP) is -0.554. The smallest absolute Gasteiger partial charge is 0.226 e. The molecule has 0 aromatic carbocycles. The summed E-state index contributed by atoms with van der Waals surface area (Å²) in [7, 11) is -7.55. The minimum Gasteiger partial charge on any atom is -0.228 e. The van der Waals surface area contributed by atoms with Gasteiger partial charge in [0.2, 0.25) is 10.0 Å². The summed E-state index contributed by atoms with van der Waals surface area (Å²) in [5.41, 5.74) is 0. The van der Waals surface area contributed by atoms with E-state index in [-0.39, 0.29) is 5.75 Å². The van der Waals surface area contributed by atoms with Gasteiger partial charge >= 0.3 is 0 Å². The normalized spacial score (nSPS) is 15.9. The molecule has 0 fully saturated rings. The predicted molar refractivity (Wildman–Crippen MR) is 46.6 cm³/mol. The van der Waals surface area contributed by atoms with Crippen LogP contribution in [-0.4, -0.2) is 27.2 Å². The van der Waals surface area contributed by atoms with Crippen LogP contribution in [0.1, 0.15) is 20.3 Å². The first-order valence-electron chi connectivity index (χ1n) is 3.45. The third-order valence-corrected chi connectivity index (χ3v) is 6.06. The van der Waals surface area contributed by atoms with E-state index < -0.39 is 24.4 Å². The Kier molecular flexibility index (Phi) is 3.67. The van der Waals surface area contributed by atoms with Gasteiger partial charge in [0, 0.05) is 0 Å². The van der Waals surface area contributed by atoms with Crippen molar-refractivity contribution in [2.45, 2.75) is 24.9 Å². The lowest BCUT2D eigenvalue weighted by molar-refractivity contribution is 0.578. The van der Waals surface area contributed by atoms with Crippen molar-refractivity contribution >= 4 is 19.9 Å². The van der Waals surface area contributed by atoms with E-state index in [0.29, 0.717) is 6.42 Å². The van der Waals surface area contributed by atoms with Crippen molar-refractivity contribution < 1.29 is 16.8 Å². The van der Waals surface area contributed by atoms with E-state index >= 15 is 0 Å². The zero-order chi connectivity index (χ0) is 9.99. The molecule has 1 unspecified atom stereocenters. The highest BCUT2D eigenvalue weighted by Crippen LogP contribution is 2.07. The molecule has 0 amide bonds. The molecule has 0 aliphatic heterocycles. The van der Waals surface area contributed by atoms with Gasteiger partial charge in [-0.15, -0.1) is 0 Å². The van der Waals surface area contributed by atoms with E-state index in [0.717, 1.165) is 6.92 Å². The molecule has 0 aliphatic rings. The number of sulfonamides is 1. The average molecular weight is 215 g/mol. The Bertz CT molecular complexity index is 328. The lowest BCUT2D eigenvalue weighted by Crippen LogP contribution is -2.34. The molecule has 0 saturated heterocycles. The standard InChI is InChI=1S/C5H13NO4S2/c1-3-4-11(7,8)5(2)12(6,9)10/h5H,3-4H2,1-2H3,(H2,6,9,10). The molecule has 7 heteroatoms. The van der Waals surface area contributed by atoms with E-state index in [2.05, 4.69) is 5.14 Å². The maximum Gasteiger partial charge on any atom is 0.226 e. The van der Waals surface area contributed by atoms with Crippen molar-refractivity contribution in [1.29, 1.82) is 0 Å². The minimum atomic E-state index is -3.97. The van der Waals surface area contributed by atoms with E-state index in [4.69, 9.17) is 0 Å². The molecule has 74 valence electrons. The minimum absolute atomic E-state index is 0.148. The molecular formula is C5H13NO4S2. The van der Waals surface area contributed by atoms with E-state index in [9.17, 15) is 16.8 Å². The van der Waals surface area contributed by atoms with Crippen molar-refractivity contribution in [3.05, 3.63) is 0 Å². The molecule has 12 heavy (non-hydrogen) atoms. The van der Waals surface area contributed by atoms with Crippen molar-refractivity contribution in [3.63, 3.8) is 0 Å². The van der Waals surface area contributed by atoms with Crippen LogP contribution >= 0.6 is 0 Å². The van der Waals surface area contributed by atoms with Crippen molar-refractivity contribution in [2.24, 2.45) is 5.14 Å². The Hall–Kier alpha value is -0.140. The summed E-state index contributed by atoms with van der Waals surface area (Å²) in [6.07, 6.45) is 0.391. The largest absolute Gasteiger partial charge is 0.228 e. The molecule has 2 N–H and O–H groups in total. The number of hydrogen-bond acceptors (Lipinski definition) is 4. The first-order chi connectivity index (χ1) is 5.22. The fourth-order valence-electron chi connectivity index (χ4n) is 0.655. The highest BCUT2D eigenvalue weighted by molar-refractivity contribution is 8.08. The summed E-state index contributed by atoms with van der Waals surface area (Å²) in [6, 6.07) is 0. The fourth-order valence-corrected chi connectivity index (χ4v) is 3.48. The second-order valence-corrected chi connectivity index (χ2v) is 7.15. The summed E-state index contributed by atoms with van der Waals surface area (Å²) in [4.78, 5) is 0. The van der Waals surface area contributed by atoms with E-state index in [1.165, 1.54) is 0 Å². The molecule has 0 aliphatic carbocycles. The van der Waals surface area contributed by atoms with Crippen molar-refractivity contribution in [3.8, 4) is 0 Å². The van der Waals surface area contributed by atoms with Crippen LogP contribution in [-0.2, 0) is 19.9 Å². The van der Waals surface area contributed by atoms with Crippen LogP contribution in [0.15, 0.2) is 0 Å². The first-order valence-corrected chi connectivity index (χ1v) is 6.77. The molecule has 1 atom stereocenters. The number of primary sulfonamides is 1. The molecule has 0 heterocycles. The van der Waals surface area contributed by atoms with Crippen LogP contribution in [0.4, 0.5) is 0 Å². The maximum absolute atomic E-state index is 11.1. The molecular weight excluding hydrogens is 202 g/mol. The Morgan fingerprint density at radius 2 is 1.67 bits per heavy atom. The monoisotopic (exact) mass is 215 g/mol. The van der Waals surface area contributed by atoms with Gasteiger partial charge in [0.05, 0.1) is 5.75 Å². The van der Waals surface area contributed by atoms with Gasteiger partial charge in [0.15, 0.2) is 14.4 Å². The van der Waals surface area contributed by atoms with Gasteiger partial charge in [-0.05, 0) is 13.3 Å². The van der Waals surface area contributed by atoms with Gasteiger partial charge in [-0.25, -0.2) is 22.0 Å². The highest BCUT2D eigenvalue weighted by atomic mass is 32.3. The van der Waals surface area contributed by atoms with Gasteiger partial charge in [0.25, 0.3) is 0 Å². The van der Waals surface area contributed by atoms with E-state index in [1.54, 1.807) is 6.92 Å². The fraction of sp³-hybridized carbons (Fsp3) is 1.00. The Labute approximate surface area is 72.9 Å². The van der Waals surface area contributed by atoms with Gasteiger partial charge < -0.3 is 0 Å². The van der Waals surface area contributed by atoms with Gasteiger partial charge in [0.1, 0.15) is 0 Å². The van der Waals surface area contributed by atoms with Crippen molar-refractivity contribution in [2.75, 3.05) is 5.75 Å². The second kappa shape index (κ2) is 3.71. The number of rotatable bonds is 4. The number of nitrogens with two attached hydrogens (primary N) is 1. The maximum atomic E-state index is 11.1. The number of sulfone groups is 1. The molecule has 0 rings (SSSR count). The molecule has 0 radical (unpaired) electrons. The summed E-state index contributed by atoms with van der Waals surface area (Å²) < 4.78 is 42.0. The molecule has 5 nitrogen and oxygen atoms in total.